The van der Waals surface area contributed by atoms with Crippen LogP contribution in [0.5, 0.6) is 5.75 Å². The number of carbonyl (C=O) groups excluding carboxylic acids is 3. The van der Waals surface area contributed by atoms with Gasteiger partial charge in [0.2, 0.25) is 5.91 Å². The fourth-order valence-corrected chi connectivity index (χ4v) is 5.93. The average molecular weight is 683 g/mol. The molecule has 0 radical (unpaired) electrons. The van der Waals surface area contributed by atoms with Crippen molar-refractivity contribution in [2.45, 2.75) is 10.1 Å². The molecule has 0 saturated heterocycles. The minimum atomic E-state index is -0.601. The molecule has 1 unspecified atom stereocenters. The fourth-order valence-electron chi connectivity index (χ4n) is 4.45. The normalized spacial score (nSPS) is 11.7. The van der Waals surface area contributed by atoms with Crippen LogP contribution in [0.2, 0.25) is 10.0 Å². The fraction of sp³-hybridized carbons (Fsp3) is 0.0541. The van der Waals surface area contributed by atoms with Crippen LogP contribution in [-0.4, -0.2) is 24.8 Å². The number of amides is 3. The molecule has 236 valence electrons. The van der Waals surface area contributed by atoms with E-state index >= 15 is 0 Å². The second-order valence-corrected chi connectivity index (χ2v) is 12.2. The van der Waals surface area contributed by atoms with E-state index in [0.717, 1.165) is 10.5 Å². The van der Waals surface area contributed by atoms with Gasteiger partial charge in [-0.3, -0.25) is 14.4 Å². The van der Waals surface area contributed by atoms with Gasteiger partial charge in [0, 0.05) is 21.2 Å². The van der Waals surface area contributed by atoms with Gasteiger partial charge in [0.1, 0.15) is 16.7 Å². The smallest absolute Gasteiger partial charge is 0.272 e. The third-order valence-electron chi connectivity index (χ3n) is 6.85. The molecule has 5 rings (SSSR count). The number of hydrogen-bond donors (Lipinski definition) is 3. The molecule has 0 saturated carbocycles. The molecule has 1 atom stereocenters. The zero-order valence-electron chi connectivity index (χ0n) is 25.1. The molecule has 5 aromatic rings. The third-order valence-corrected chi connectivity index (χ3v) is 8.67. The average Bonchev–Trinajstić information content (AvgIpc) is 3.09. The summed E-state index contributed by atoms with van der Waals surface area (Å²) in [5, 5.41) is 8.71. The molecule has 7 nitrogen and oxygen atoms in total. The molecule has 3 N–H and O–H groups in total. The summed E-state index contributed by atoms with van der Waals surface area (Å²) in [5.74, 6) is -0.519. The molecule has 5 aromatic carbocycles. The molecule has 0 aliphatic carbocycles. The Morgan fingerprint density at radius 1 is 0.766 bits per heavy atom. The van der Waals surface area contributed by atoms with Crippen LogP contribution in [0.25, 0.3) is 6.08 Å². The van der Waals surface area contributed by atoms with E-state index < -0.39 is 17.1 Å². The summed E-state index contributed by atoms with van der Waals surface area (Å²) in [5.41, 5.74) is 2.93. The standard InChI is InChI=1S/C37H29Cl2N3O4S/c1-46-29-17-12-24(13-18-29)22-33(42-35(43)26-10-6-3-7-11-26)36(44)40-28-15-19-30(20-16-28)47-34(25-8-4-2-5-9-25)37(45)41-32-21-14-27(38)23-31(32)39/h2-23,34H,1H3,(H,40,44)(H,41,45)(H,42,43)/b33-22-. The van der Waals surface area contributed by atoms with E-state index in [4.69, 9.17) is 27.9 Å². The molecule has 0 spiro atoms. The van der Waals surface area contributed by atoms with E-state index in [9.17, 15) is 14.4 Å². The first-order chi connectivity index (χ1) is 22.8. The predicted octanol–water partition coefficient (Wildman–Crippen LogP) is 8.88. The van der Waals surface area contributed by atoms with Crippen LogP contribution in [0.15, 0.2) is 138 Å². The molecular formula is C37H29Cl2N3O4S. The molecule has 0 fully saturated rings. The SMILES string of the molecule is COc1ccc(/C=C(\NC(=O)c2ccccc2)C(=O)Nc2ccc(SC(C(=O)Nc3ccc(Cl)cc3Cl)c3ccccc3)cc2)cc1. The Balaban J connectivity index is 1.33. The van der Waals surface area contributed by atoms with Crippen LogP contribution in [0.1, 0.15) is 26.7 Å². The maximum absolute atomic E-state index is 13.5. The number of ether oxygens (including phenoxy) is 1. The van der Waals surface area contributed by atoms with Gasteiger partial charge >= 0.3 is 0 Å². The lowest BCUT2D eigenvalue weighted by Gasteiger charge is -2.18. The number of nitrogens with one attached hydrogen (secondary N) is 3. The number of thioether (sulfide) groups is 1. The number of anilines is 2. The predicted molar refractivity (Wildman–Crippen MR) is 190 cm³/mol. The Bertz CT molecular complexity index is 1890. The van der Waals surface area contributed by atoms with Crippen LogP contribution in [-0.2, 0) is 9.59 Å². The maximum Gasteiger partial charge on any atom is 0.272 e. The van der Waals surface area contributed by atoms with Gasteiger partial charge in [0.05, 0.1) is 17.8 Å². The lowest BCUT2D eigenvalue weighted by Crippen LogP contribution is -2.30. The highest BCUT2D eigenvalue weighted by Gasteiger charge is 2.23. The highest BCUT2D eigenvalue weighted by molar-refractivity contribution is 8.00. The Labute approximate surface area is 287 Å². The number of methoxy groups -OCH3 is 1. The third kappa shape index (κ3) is 9.26. The van der Waals surface area contributed by atoms with Gasteiger partial charge < -0.3 is 20.7 Å². The van der Waals surface area contributed by atoms with Crippen molar-refractivity contribution < 1.29 is 19.1 Å². The molecule has 0 bridgehead atoms. The van der Waals surface area contributed by atoms with Crippen LogP contribution in [0.4, 0.5) is 11.4 Å². The van der Waals surface area contributed by atoms with Gasteiger partial charge in [-0.1, -0.05) is 83.9 Å². The van der Waals surface area contributed by atoms with Crippen molar-refractivity contribution in [2.75, 3.05) is 17.7 Å². The van der Waals surface area contributed by atoms with Gasteiger partial charge in [0.15, 0.2) is 0 Å². The van der Waals surface area contributed by atoms with Crippen molar-refractivity contribution in [3.8, 4) is 5.75 Å². The number of hydrogen-bond acceptors (Lipinski definition) is 5. The second kappa shape index (κ2) is 16.0. The van der Waals surface area contributed by atoms with Gasteiger partial charge in [-0.25, -0.2) is 0 Å². The van der Waals surface area contributed by atoms with E-state index in [0.29, 0.717) is 38.3 Å². The van der Waals surface area contributed by atoms with E-state index in [1.807, 2.05) is 48.5 Å². The van der Waals surface area contributed by atoms with Crippen molar-refractivity contribution in [3.63, 3.8) is 0 Å². The minimum Gasteiger partial charge on any atom is -0.497 e. The minimum absolute atomic E-state index is 0.0594. The first kappa shape index (κ1) is 33.3. The first-order valence-electron chi connectivity index (χ1n) is 14.4. The van der Waals surface area contributed by atoms with E-state index in [-0.39, 0.29) is 11.6 Å². The Morgan fingerprint density at radius 2 is 1.43 bits per heavy atom. The largest absolute Gasteiger partial charge is 0.497 e. The number of benzene rings is 5. The van der Waals surface area contributed by atoms with Gasteiger partial charge in [0.25, 0.3) is 11.8 Å². The Hall–Kier alpha value is -5.02. The van der Waals surface area contributed by atoms with Crippen LogP contribution in [0.3, 0.4) is 0 Å². The van der Waals surface area contributed by atoms with E-state index in [1.165, 1.54) is 11.8 Å². The van der Waals surface area contributed by atoms with Gasteiger partial charge in [-0.2, -0.15) is 0 Å². The summed E-state index contributed by atoms with van der Waals surface area (Å²) in [7, 11) is 1.57. The zero-order valence-corrected chi connectivity index (χ0v) is 27.4. The highest BCUT2D eigenvalue weighted by Crippen LogP contribution is 2.37. The quantitative estimate of drug-likeness (QED) is 0.0956. The molecule has 3 amide bonds. The van der Waals surface area contributed by atoms with Crippen molar-refractivity contribution >= 4 is 70.1 Å². The van der Waals surface area contributed by atoms with E-state index in [1.54, 1.807) is 92.0 Å². The van der Waals surface area contributed by atoms with Crippen LogP contribution in [0, 0.1) is 0 Å². The van der Waals surface area contributed by atoms with Crippen molar-refractivity contribution in [1.82, 2.24) is 5.32 Å². The number of rotatable bonds is 11. The van der Waals surface area contributed by atoms with E-state index in [2.05, 4.69) is 16.0 Å². The second-order valence-electron chi connectivity index (χ2n) is 10.2. The van der Waals surface area contributed by atoms with Crippen molar-refractivity contribution in [3.05, 3.63) is 160 Å². The highest BCUT2D eigenvalue weighted by atomic mass is 35.5. The summed E-state index contributed by atoms with van der Waals surface area (Å²) in [6, 6.07) is 37.1. The van der Waals surface area contributed by atoms with Gasteiger partial charge in [-0.05, 0) is 83.9 Å². The summed E-state index contributed by atoms with van der Waals surface area (Å²) in [4.78, 5) is 40.7. The lowest BCUT2D eigenvalue weighted by atomic mass is 10.1. The summed E-state index contributed by atoms with van der Waals surface area (Å²) in [6.07, 6.45) is 1.59. The number of carbonyl (C=O) groups is 3. The first-order valence-corrected chi connectivity index (χ1v) is 16.0. The van der Waals surface area contributed by atoms with Crippen LogP contribution < -0.4 is 20.7 Å². The lowest BCUT2D eigenvalue weighted by molar-refractivity contribution is -0.116. The Morgan fingerprint density at radius 3 is 2.06 bits per heavy atom. The molecule has 47 heavy (non-hydrogen) atoms. The summed E-state index contributed by atoms with van der Waals surface area (Å²) < 4.78 is 5.23. The molecule has 0 aliphatic rings. The zero-order chi connectivity index (χ0) is 33.2. The number of halogens is 2. The molecule has 0 heterocycles. The molecule has 0 aromatic heterocycles. The maximum atomic E-state index is 13.5. The summed E-state index contributed by atoms with van der Waals surface area (Å²) >= 11 is 13.7. The molecular weight excluding hydrogens is 653 g/mol. The monoisotopic (exact) mass is 681 g/mol. The topological polar surface area (TPSA) is 96.5 Å². The van der Waals surface area contributed by atoms with Gasteiger partial charge in [-0.15, -0.1) is 11.8 Å². The van der Waals surface area contributed by atoms with Crippen LogP contribution >= 0.6 is 35.0 Å². The van der Waals surface area contributed by atoms with Crippen molar-refractivity contribution in [2.24, 2.45) is 0 Å². The molecule has 0 aliphatic heterocycles. The summed E-state index contributed by atoms with van der Waals surface area (Å²) in [6.45, 7) is 0. The Kier molecular flexibility index (Phi) is 11.4. The van der Waals surface area contributed by atoms with Crippen molar-refractivity contribution in [1.29, 1.82) is 0 Å². The molecule has 10 heteroatoms.